The number of carbonyl (C=O) groups is 1. The molecule has 1 unspecified atom stereocenters. The van der Waals surface area contributed by atoms with Gasteiger partial charge in [0, 0.05) is 38.7 Å². The fourth-order valence-electron chi connectivity index (χ4n) is 2.68. The average molecular weight is 332 g/mol. The van der Waals surface area contributed by atoms with Gasteiger partial charge in [0.2, 0.25) is 0 Å². The second-order valence-corrected chi connectivity index (χ2v) is 6.04. The van der Waals surface area contributed by atoms with E-state index < -0.39 is 0 Å². The monoisotopic (exact) mass is 332 g/mol. The Bertz CT molecular complexity index is 567. The number of hydrogen-bond acceptors (Lipinski definition) is 5. The highest BCUT2D eigenvalue weighted by Crippen LogP contribution is 2.17. The largest absolute Gasteiger partial charge is 0.390 e. The summed E-state index contributed by atoms with van der Waals surface area (Å²) in [6.07, 6.45) is 0.681. The zero-order chi connectivity index (χ0) is 17.5. The minimum atomic E-state index is -0.0347. The van der Waals surface area contributed by atoms with Gasteiger partial charge in [-0.2, -0.15) is 0 Å². The van der Waals surface area contributed by atoms with Gasteiger partial charge in [0.15, 0.2) is 0 Å². The van der Waals surface area contributed by atoms with E-state index in [1.165, 1.54) is 0 Å². The SMILES string of the molecule is CCN(CC)CCN(C)C(=O)c1ccc(C2=NOC(CN)C2)cc1. The van der Waals surface area contributed by atoms with Gasteiger partial charge in [-0.25, -0.2) is 0 Å². The second-order valence-electron chi connectivity index (χ2n) is 6.04. The third kappa shape index (κ3) is 4.55. The Labute approximate surface area is 144 Å². The maximum atomic E-state index is 12.5. The number of hydrogen-bond donors (Lipinski definition) is 1. The first kappa shape index (κ1) is 18.4. The molecular weight excluding hydrogens is 304 g/mol. The first-order valence-corrected chi connectivity index (χ1v) is 8.60. The van der Waals surface area contributed by atoms with Crippen LogP contribution in [0.4, 0.5) is 0 Å². The molecule has 1 atom stereocenters. The molecule has 2 rings (SSSR count). The molecule has 0 aliphatic carbocycles. The van der Waals surface area contributed by atoms with E-state index in [0.29, 0.717) is 18.5 Å². The number of oxime groups is 1. The molecule has 0 radical (unpaired) electrons. The first-order chi connectivity index (χ1) is 11.6. The molecule has 0 saturated heterocycles. The van der Waals surface area contributed by atoms with Gasteiger partial charge in [0.1, 0.15) is 6.10 Å². The van der Waals surface area contributed by atoms with Crippen molar-refractivity contribution in [1.82, 2.24) is 9.80 Å². The lowest BCUT2D eigenvalue weighted by atomic mass is 10.0. The normalized spacial score (nSPS) is 16.9. The Morgan fingerprint density at radius 3 is 2.46 bits per heavy atom. The van der Waals surface area contributed by atoms with E-state index in [2.05, 4.69) is 23.9 Å². The highest BCUT2D eigenvalue weighted by atomic mass is 16.6. The molecule has 0 spiro atoms. The highest BCUT2D eigenvalue weighted by Gasteiger charge is 2.21. The smallest absolute Gasteiger partial charge is 0.253 e. The minimum Gasteiger partial charge on any atom is -0.390 e. The van der Waals surface area contributed by atoms with Crippen LogP contribution in [0, 0.1) is 0 Å². The summed E-state index contributed by atoms with van der Waals surface area (Å²) in [6.45, 7) is 8.34. The number of benzene rings is 1. The summed E-state index contributed by atoms with van der Waals surface area (Å²) in [6, 6.07) is 7.55. The molecule has 24 heavy (non-hydrogen) atoms. The molecular formula is C18H28N4O2. The van der Waals surface area contributed by atoms with Crippen LogP contribution in [0.25, 0.3) is 0 Å². The molecule has 1 amide bonds. The van der Waals surface area contributed by atoms with Crippen molar-refractivity contribution in [3.63, 3.8) is 0 Å². The number of likely N-dealkylation sites (N-methyl/N-ethyl adjacent to an activating group) is 2. The molecule has 2 N–H and O–H groups in total. The molecule has 1 aromatic rings. The van der Waals surface area contributed by atoms with Gasteiger partial charge >= 0.3 is 0 Å². The molecule has 1 aromatic carbocycles. The van der Waals surface area contributed by atoms with Crippen LogP contribution < -0.4 is 5.73 Å². The lowest BCUT2D eigenvalue weighted by Gasteiger charge is -2.23. The molecule has 0 bridgehead atoms. The fraction of sp³-hybridized carbons (Fsp3) is 0.556. The number of amides is 1. The van der Waals surface area contributed by atoms with Crippen molar-refractivity contribution in [3.8, 4) is 0 Å². The molecule has 6 heteroatoms. The van der Waals surface area contributed by atoms with Gasteiger partial charge in [-0.3, -0.25) is 4.79 Å². The molecule has 1 aliphatic rings. The molecule has 1 aliphatic heterocycles. The average Bonchev–Trinajstić information content (AvgIpc) is 3.11. The Balaban J connectivity index is 1.93. The Hall–Kier alpha value is -1.92. The van der Waals surface area contributed by atoms with Gasteiger partial charge in [-0.05, 0) is 30.8 Å². The number of carbonyl (C=O) groups excluding carboxylic acids is 1. The van der Waals surface area contributed by atoms with Crippen LogP contribution in [0.5, 0.6) is 0 Å². The summed E-state index contributed by atoms with van der Waals surface area (Å²) >= 11 is 0. The zero-order valence-electron chi connectivity index (χ0n) is 14.9. The van der Waals surface area contributed by atoms with Crippen molar-refractivity contribution >= 4 is 11.6 Å². The van der Waals surface area contributed by atoms with Crippen LogP contribution in [0.1, 0.15) is 36.2 Å². The van der Waals surface area contributed by atoms with Crippen molar-refractivity contribution in [2.45, 2.75) is 26.4 Å². The van der Waals surface area contributed by atoms with Gasteiger partial charge < -0.3 is 20.4 Å². The molecule has 0 aromatic heterocycles. The second kappa shape index (κ2) is 8.80. The number of rotatable bonds is 8. The predicted octanol–water partition coefficient (Wildman–Crippen LogP) is 1.55. The van der Waals surface area contributed by atoms with E-state index in [9.17, 15) is 4.79 Å². The molecule has 1 heterocycles. The van der Waals surface area contributed by atoms with Crippen LogP contribution >= 0.6 is 0 Å². The molecule has 0 saturated carbocycles. The predicted molar refractivity (Wildman–Crippen MR) is 96.3 cm³/mol. The minimum absolute atomic E-state index is 0.0347. The highest BCUT2D eigenvalue weighted by molar-refractivity contribution is 6.02. The molecule has 0 fully saturated rings. The number of nitrogens with two attached hydrogens (primary N) is 1. The van der Waals surface area contributed by atoms with Crippen molar-refractivity contribution in [2.75, 3.05) is 39.8 Å². The van der Waals surface area contributed by atoms with Crippen molar-refractivity contribution in [2.24, 2.45) is 10.9 Å². The van der Waals surface area contributed by atoms with Gasteiger partial charge in [0.05, 0.1) is 5.71 Å². The fourth-order valence-corrected chi connectivity index (χ4v) is 2.68. The van der Waals surface area contributed by atoms with E-state index in [4.69, 9.17) is 10.6 Å². The summed E-state index contributed by atoms with van der Waals surface area (Å²) < 4.78 is 0. The third-order valence-corrected chi connectivity index (χ3v) is 4.45. The Kier molecular flexibility index (Phi) is 6.75. The van der Waals surface area contributed by atoms with E-state index in [0.717, 1.165) is 37.5 Å². The molecule has 6 nitrogen and oxygen atoms in total. The van der Waals surface area contributed by atoms with Crippen LogP contribution in [0.3, 0.4) is 0 Å². The van der Waals surface area contributed by atoms with Gasteiger partial charge in [-0.15, -0.1) is 0 Å². The van der Waals surface area contributed by atoms with Gasteiger partial charge in [0.25, 0.3) is 5.91 Å². The molecule has 132 valence electrons. The van der Waals surface area contributed by atoms with E-state index in [-0.39, 0.29) is 12.0 Å². The quantitative estimate of drug-likeness (QED) is 0.784. The first-order valence-electron chi connectivity index (χ1n) is 8.60. The Morgan fingerprint density at radius 2 is 1.92 bits per heavy atom. The lowest BCUT2D eigenvalue weighted by molar-refractivity contribution is 0.0780. The standard InChI is InChI=1S/C18H28N4O2/c1-4-22(5-2)11-10-21(3)18(23)15-8-6-14(7-9-15)17-12-16(13-19)24-20-17/h6-9,16H,4-5,10-13,19H2,1-3H3. The maximum absolute atomic E-state index is 12.5. The van der Waals surface area contributed by atoms with Crippen LogP contribution in [0.15, 0.2) is 29.4 Å². The topological polar surface area (TPSA) is 71.2 Å². The Morgan fingerprint density at radius 1 is 1.25 bits per heavy atom. The van der Waals surface area contributed by atoms with Crippen LogP contribution in [-0.2, 0) is 4.84 Å². The van der Waals surface area contributed by atoms with E-state index >= 15 is 0 Å². The summed E-state index contributed by atoms with van der Waals surface area (Å²) in [5.41, 5.74) is 8.15. The van der Waals surface area contributed by atoms with E-state index in [1.807, 2.05) is 31.3 Å². The lowest BCUT2D eigenvalue weighted by Crippen LogP contribution is -2.36. The summed E-state index contributed by atoms with van der Waals surface area (Å²) in [4.78, 5) is 21.8. The van der Waals surface area contributed by atoms with Crippen molar-refractivity contribution in [1.29, 1.82) is 0 Å². The van der Waals surface area contributed by atoms with Crippen molar-refractivity contribution < 1.29 is 9.63 Å². The van der Waals surface area contributed by atoms with E-state index in [1.54, 1.807) is 4.90 Å². The van der Waals surface area contributed by atoms with Gasteiger partial charge in [-0.1, -0.05) is 31.1 Å². The number of nitrogens with zero attached hydrogens (tertiary/aromatic N) is 3. The maximum Gasteiger partial charge on any atom is 0.253 e. The summed E-state index contributed by atoms with van der Waals surface area (Å²) in [5, 5.41) is 4.07. The van der Waals surface area contributed by atoms with Crippen LogP contribution in [0.2, 0.25) is 0 Å². The zero-order valence-corrected chi connectivity index (χ0v) is 14.9. The van der Waals surface area contributed by atoms with Crippen molar-refractivity contribution in [3.05, 3.63) is 35.4 Å². The van der Waals surface area contributed by atoms with Crippen LogP contribution in [-0.4, -0.2) is 67.3 Å². The summed E-state index contributed by atoms with van der Waals surface area (Å²) in [7, 11) is 1.85. The summed E-state index contributed by atoms with van der Waals surface area (Å²) in [5.74, 6) is 0.0400. The third-order valence-electron chi connectivity index (χ3n) is 4.45.